The molecular weight excluding hydrogens is 512 g/mol. The molecule has 1 heterocycles. The molecule has 3 aromatic carbocycles. The molecule has 2 N–H and O–H groups in total. The maximum atomic E-state index is 12.9. The highest BCUT2D eigenvalue weighted by Crippen LogP contribution is 2.31. The van der Waals surface area contributed by atoms with Crippen LogP contribution in [0, 0.1) is 0 Å². The third-order valence-corrected chi connectivity index (χ3v) is 8.03. The number of urea groups is 1. The summed E-state index contributed by atoms with van der Waals surface area (Å²) in [5, 5.41) is 5.67. The van der Waals surface area contributed by atoms with Crippen molar-refractivity contribution in [3.63, 3.8) is 0 Å². The van der Waals surface area contributed by atoms with E-state index in [-0.39, 0.29) is 10.9 Å². The van der Waals surface area contributed by atoms with Crippen LogP contribution in [-0.2, 0) is 30.0 Å². The van der Waals surface area contributed by atoms with E-state index in [1.54, 1.807) is 36.4 Å². The van der Waals surface area contributed by atoms with Crippen LogP contribution in [0.25, 0.3) is 11.1 Å². The van der Waals surface area contributed by atoms with Gasteiger partial charge in [0.15, 0.2) is 12.4 Å². The first-order valence-corrected chi connectivity index (χ1v) is 14.0. The Hall–Kier alpha value is -4.21. The molecule has 4 aromatic rings. The van der Waals surface area contributed by atoms with Gasteiger partial charge in [-0.05, 0) is 47.5 Å². The number of rotatable bonds is 10. The van der Waals surface area contributed by atoms with Gasteiger partial charge in [0.2, 0.25) is 10.0 Å². The minimum Gasteiger partial charge on any atom is -0.493 e. The van der Waals surface area contributed by atoms with Crippen molar-refractivity contribution in [2.24, 2.45) is 7.05 Å². The SMILES string of the molecule is CN(C)S(=O)(=O)c1ccccc1-c1ccccc1CCOc1ccc(NC(=O)NCc2ccc[n+](C)c2)cc1. The lowest BCUT2D eigenvalue weighted by molar-refractivity contribution is -0.671. The zero-order valence-corrected chi connectivity index (χ0v) is 23.1. The third-order valence-electron chi connectivity index (χ3n) is 6.16. The van der Waals surface area contributed by atoms with E-state index in [0.29, 0.717) is 36.6 Å². The van der Waals surface area contributed by atoms with E-state index in [9.17, 15) is 13.2 Å². The maximum Gasteiger partial charge on any atom is 0.319 e. The summed E-state index contributed by atoms with van der Waals surface area (Å²) in [7, 11) is 1.40. The number of carbonyl (C=O) groups excluding carboxylic acids is 1. The first-order chi connectivity index (χ1) is 18.7. The number of aryl methyl sites for hydroxylation is 1. The van der Waals surface area contributed by atoms with Crippen LogP contribution < -0.4 is 19.9 Å². The second-order valence-corrected chi connectivity index (χ2v) is 11.4. The van der Waals surface area contributed by atoms with Crippen molar-refractivity contribution in [1.82, 2.24) is 9.62 Å². The van der Waals surface area contributed by atoms with E-state index in [1.807, 2.05) is 72.5 Å². The van der Waals surface area contributed by atoms with Crippen molar-refractivity contribution in [1.29, 1.82) is 0 Å². The molecule has 0 spiro atoms. The van der Waals surface area contributed by atoms with Crippen molar-refractivity contribution in [3.05, 3.63) is 108 Å². The number of sulfonamides is 1. The van der Waals surface area contributed by atoms with Crippen molar-refractivity contribution < 1.29 is 22.5 Å². The lowest BCUT2D eigenvalue weighted by Crippen LogP contribution is -2.31. The Labute approximate surface area is 229 Å². The first-order valence-electron chi connectivity index (χ1n) is 12.6. The number of ether oxygens (including phenoxy) is 1. The standard InChI is InChI=1S/C30H32N4O4S/c1-33(2)39(36,37)29-13-7-6-12-28(29)27-11-5-4-10-24(27)18-20-38-26-16-14-25(15-17-26)32-30(35)31-21-23-9-8-19-34(3)22-23/h4-17,19,22H,18,20-21H2,1-3H3,(H-,31,32,35)/p+1. The molecule has 0 aliphatic rings. The van der Waals surface area contributed by atoms with Crippen molar-refractivity contribution in [2.75, 3.05) is 26.0 Å². The van der Waals surface area contributed by atoms with E-state index in [1.165, 1.54) is 18.4 Å². The first kappa shape index (κ1) is 27.8. The van der Waals surface area contributed by atoms with Crippen LogP contribution in [-0.4, -0.2) is 39.5 Å². The van der Waals surface area contributed by atoms with Crippen molar-refractivity contribution in [2.45, 2.75) is 17.9 Å². The Bertz CT molecular complexity index is 1540. The third kappa shape index (κ3) is 7.22. The summed E-state index contributed by atoms with van der Waals surface area (Å²) in [5.41, 5.74) is 4.17. The molecule has 0 aliphatic carbocycles. The van der Waals surface area contributed by atoms with Crippen LogP contribution in [0.2, 0.25) is 0 Å². The number of anilines is 1. The fourth-order valence-corrected chi connectivity index (χ4v) is 5.24. The molecule has 1 aromatic heterocycles. The lowest BCUT2D eigenvalue weighted by atomic mass is 9.98. The number of pyridine rings is 1. The number of nitrogens with zero attached hydrogens (tertiary/aromatic N) is 2. The summed E-state index contributed by atoms with van der Waals surface area (Å²) < 4.78 is 34.9. The molecule has 0 aliphatic heterocycles. The average molecular weight is 546 g/mol. The predicted molar refractivity (Wildman–Crippen MR) is 152 cm³/mol. The minimum absolute atomic E-state index is 0.272. The number of hydrogen-bond acceptors (Lipinski definition) is 4. The second kappa shape index (κ2) is 12.6. The van der Waals surface area contributed by atoms with Crippen LogP contribution in [0.15, 0.2) is 102 Å². The van der Waals surface area contributed by atoms with Gasteiger partial charge >= 0.3 is 6.03 Å². The molecule has 4 rings (SSSR count). The molecule has 0 atom stereocenters. The van der Waals surface area contributed by atoms with Gasteiger partial charge in [-0.3, -0.25) is 0 Å². The molecular formula is C30H33N4O4S+. The average Bonchev–Trinajstić information content (AvgIpc) is 2.93. The van der Waals surface area contributed by atoms with Gasteiger partial charge < -0.3 is 15.4 Å². The normalized spacial score (nSPS) is 11.3. The Morgan fingerprint density at radius 2 is 1.59 bits per heavy atom. The highest BCUT2D eigenvalue weighted by atomic mass is 32.2. The van der Waals surface area contributed by atoms with E-state index in [0.717, 1.165) is 16.7 Å². The van der Waals surface area contributed by atoms with E-state index in [4.69, 9.17) is 4.74 Å². The quantitative estimate of drug-likeness (QED) is 0.290. The Morgan fingerprint density at radius 3 is 2.31 bits per heavy atom. The van der Waals surface area contributed by atoms with Gasteiger partial charge in [-0.15, -0.1) is 0 Å². The highest BCUT2D eigenvalue weighted by molar-refractivity contribution is 7.89. The van der Waals surface area contributed by atoms with Gasteiger partial charge in [-0.2, -0.15) is 0 Å². The fourth-order valence-electron chi connectivity index (χ4n) is 4.14. The van der Waals surface area contributed by atoms with Crippen LogP contribution in [0.1, 0.15) is 11.1 Å². The Balaban J connectivity index is 1.35. The van der Waals surface area contributed by atoms with Crippen LogP contribution >= 0.6 is 0 Å². The molecule has 0 bridgehead atoms. The molecule has 2 amide bonds. The van der Waals surface area contributed by atoms with E-state index >= 15 is 0 Å². The molecule has 0 unspecified atom stereocenters. The second-order valence-electron chi connectivity index (χ2n) is 9.25. The van der Waals surface area contributed by atoms with Gasteiger partial charge in [0, 0.05) is 43.4 Å². The van der Waals surface area contributed by atoms with Crippen LogP contribution in [0.3, 0.4) is 0 Å². The Kier molecular flexibility index (Phi) is 8.96. The van der Waals surface area contributed by atoms with E-state index in [2.05, 4.69) is 10.6 Å². The molecule has 0 saturated heterocycles. The number of nitrogens with one attached hydrogen (secondary N) is 2. The molecule has 202 valence electrons. The van der Waals surface area contributed by atoms with Gasteiger partial charge in [0.1, 0.15) is 12.8 Å². The predicted octanol–water partition coefficient (Wildman–Crippen LogP) is 4.37. The maximum absolute atomic E-state index is 12.9. The summed E-state index contributed by atoms with van der Waals surface area (Å²) in [5.74, 6) is 0.672. The Morgan fingerprint density at radius 1 is 0.897 bits per heavy atom. The van der Waals surface area contributed by atoms with Gasteiger partial charge in [0.25, 0.3) is 0 Å². The largest absolute Gasteiger partial charge is 0.493 e. The monoisotopic (exact) mass is 545 g/mol. The van der Waals surface area contributed by atoms with Crippen LogP contribution in [0.5, 0.6) is 5.75 Å². The topological polar surface area (TPSA) is 91.6 Å². The summed E-state index contributed by atoms with van der Waals surface area (Å²) in [6.45, 7) is 0.829. The molecule has 0 radical (unpaired) electrons. The van der Waals surface area contributed by atoms with Gasteiger partial charge in [-0.1, -0.05) is 42.5 Å². The fraction of sp³-hybridized carbons (Fsp3) is 0.200. The molecule has 39 heavy (non-hydrogen) atoms. The van der Waals surface area contributed by atoms with Crippen LogP contribution in [0.4, 0.5) is 10.5 Å². The lowest BCUT2D eigenvalue weighted by Gasteiger charge is -2.17. The van der Waals surface area contributed by atoms with Gasteiger partial charge in [0.05, 0.1) is 18.0 Å². The van der Waals surface area contributed by atoms with Crippen molar-refractivity contribution in [3.8, 4) is 16.9 Å². The summed E-state index contributed by atoms with van der Waals surface area (Å²) in [4.78, 5) is 12.5. The van der Waals surface area contributed by atoms with Crippen molar-refractivity contribution >= 4 is 21.7 Å². The zero-order valence-electron chi connectivity index (χ0n) is 22.3. The number of benzene rings is 3. The number of carbonyl (C=O) groups is 1. The molecule has 8 nitrogen and oxygen atoms in total. The number of hydrogen-bond donors (Lipinski definition) is 2. The minimum atomic E-state index is -3.60. The van der Waals surface area contributed by atoms with Gasteiger partial charge in [-0.25, -0.2) is 22.1 Å². The summed E-state index contributed by atoms with van der Waals surface area (Å²) >= 11 is 0. The number of aromatic nitrogens is 1. The van der Waals surface area contributed by atoms with E-state index < -0.39 is 10.0 Å². The number of amides is 2. The molecule has 0 fully saturated rings. The molecule has 9 heteroatoms. The smallest absolute Gasteiger partial charge is 0.319 e. The molecule has 0 saturated carbocycles. The zero-order chi connectivity index (χ0) is 27.8. The summed E-state index contributed by atoms with van der Waals surface area (Å²) in [6, 6.07) is 25.6. The highest BCUT2D eigenvalue weighted by Gasteiger charge is 2.22. The summed E-state index contributed by atoms with van der Waals surface area (Å²) in [6.07, 6.45) is 4.48.